The molecule has 0 unspecified atom stereocenters. The topological polar surface area (TPSA) is 41.7 Å². The van der Waals surface area contributed by atoms with E-state index < -0.39 is 0 Å². The fourth-order valence-electron chi connectivity index (χ4n) is 2.56. The van der Waals surface area contributed by atoms with E-state index in [1.807, 2.05) is 17.1 Å². The van der Waals surface area contributed by atoms with Crippen LogP contribution in [0.2, 0.25) is 0 Å². The van der Waals surface area contributed by atoms with E-state index in [-0.39, 0.29) is 0 Å². The van der Waals surface area contributed by atoms with Gasteiger partial charge in [0.05, 0.1) is 7.11 Å². The van der Waals surface area contributed by atoms with E-state index in [0.717, 1.165) is 25.4 Å². The third kappa shape index (κ3) is 3.02. The molecule has 4 nitrogen and oxygen atoms in total. The highest BCUT2D eigenvalue weighted by molar-refractivity contribution is 5.27. The van der Waals surface area contributed by atoms with Crippen molar-refractivity contribution >= 4 is 0 Å². The fourth-order valence-corrected chi connectivity index (χ4v) is 2.56. The maximum absolute atomic E-state index is 6.01. The van der Waals surface area contributed by atoms with Crippen LogP contribution >= 0.6 is 0 Å². The Labute approximate surface area is 109 Å². The highest BCUT2D eigenvalue weighted by Crippen LogP contribution is 2.17. The van der Waals surface area contributed by atoms with Crippen molar-refractivity contribution in [2.75, 3.05) is 20.2 Å². The normalized spacial score (nSPS) is 26.2. The lowest BCUT2D eigenvalue weighted by Gasteiger charge is -2.41. The van der Waals surface area contributed by atoms with Crippen LogP contribution in [0.5, 0.6) is 5.75 Å². The van der Waals surface area contributed by atoms with Gasteiger partial charge < -0.3 is 4.74 Å². The quantitative estimate of drug-likeness (QED) is 0.824. The first-order valence-corrected chi connectivity index (χ1v) is 6.48. The molecule has 1 aromatic carbocycles. The van der Waals surface area contributed by atoms with E-state index in [0.29, 0.717) is 12.1 Å². The predicted molar refractivity (Wildman–Crippen MR) is 73.2 cm³/mol. The number of hydrogen-bond donors (Lipinski definition) is 1. The molecule has 1 aliphatic rings. The Hall–Kier alpha value is -1.10. The first-order chi connectivity index (χ1) is 8.60. The molecule has 0 saturated carbocycles. The summed E-state index contributed by atoms with van der Waals surface area (Å²) in [6.07, 6.45) is 0. The van der Waals surface area contributed by atoms with E-state index in [9.17, 15) is 0 Å². The highest BCUT2D eigenvalue weighted by atomic mass is 16.5. The van der Waals surface area contributed by atoms with E-state index in [1.54, 1.807) is 7.11 Å². The molecule has 0 aromatic heterocycles. The molecule has 18 heavy (non-hydrogen) atoms. The molecular weight excluding hydrogens is 226 g/mol. The predicted octanol–water partition coefficient (Wildman–Crippen LogP) is 1.46. The van der Waals surface area contributed by atoms with E-state index in [4.69, 9.17) is 10.6 Å². The third-order valence-electron chi connectivity index (χ3n) is 3.63. The molecule has 2 rings (SSSR count). The smallest absolute Gasteiger partial charge is 0.118 e. The maximum Gasteiger partial charge on any atom is 0.118 e. The molecule has 1 fully saturated rings. The summed E-state index contributed by atoms with van der Waals surface area (Å²) >= 11 is 0. The molecule has 0 spiro atoms. The van der Waals surface area contributed by atoms with Crippen molar-refractivity contribution < 1.29 is 4.74 Å². The molecular formula is C14H23N3O. The number of methoxy groups -OCH3 is 1. The molecule has 1 aromatic rings. The summed E-state index contributed by atoms with van der Waals surface area (Å²) in [5.41, 5.74) is 1.32. The van der Waals surface area contributed by atoms with Gasteiger partial charge in [0.25, 0.3) is 0 Å². The molecule has 1 aliphatic heterocycles. The van der Waals surface area contributed by atoms with E-state index >= 15 is 0 Å². The third-order valence-corrected chi connectivity index (χ3v) is 3.63. The molecule has 1 saturated heterocycles. The largest absolute Gasteiger partial charge is 0.497 e. The number of benzene rings is 1. The first-order valence-electron chi connectivity index (χ1n) is 6.48. The Kier molecular flexibility index (Phi) is 4.22. The minimum Gasteiger partial charge on any atom is -0.497 e. The van der Waals surface area contributed by atoms with Crippen LogP contribution < -0.4 is 10.6 Å². The number of ether oxygens (including phenoxy) is 1. The maximum atomic E-state index is 6.01. The van der Waals surface area contributed by atoms with Crippen LogP contribution in [0.1, 0.15) is 19.4 Å². The number of rotatable bonds is 3. The van der Waals surface area contributed by atoms with Crippen molar-refractivity contribution in [3.05, 3.63) is 29.8 Å². The molecule has 2 N–H and O–H groups in total. The summed E-state index contributed by atoms with van der Waals surface area (Å²) in [6, 6.07) is 9.10. The second kappa shape index (κ2) is 5.69. The molecule has 1 heterocycles. The molecule has 0 amide bonds. The van der Waals surface area contributed by atoms with Gasteiger partial charge in [0, 0.05) is 31.7 Å². The van der Waals surface area contributed by atoms with Gasteiger partial charge in [0.15, 0.2) is 0 Å². The molecule has 0 radical (unpaired) electrons. The molecule has 100 valence electrons. The number of piperazine rings is 1. The van der Waals surface area contributed by atoms with Gasteiger partial charge in [-0.3, -0.25) is 10.7 Å². The summed E-state index contributed by atoms with van der Waals surface area (Å²) in [7, 11) is 1.69. The van der Waals surface area contributed by atoms with Crippen molar-refractivity contribution in [1.82, 2.24) is 9.91 Å². The van der Waals surface area contributed by atoms with Crippen LogP contribution in [0, 0.1) is 0 Å². The van der Waals surface area contributed by atoms with Crippen molar-refractivity contribution in [3.8, 4) is 5.75 Å². The summed E-state index contributed by atoms with van der Waals surface area (Å²) in [4.78, 5) is 2.46. The van der Waals surface area contributed by atoms with Gasteiger partial charge in [-0.1, -0.05) is 12.1 Å². The average molecular weight is 249 g/mol. The number of hydrogen-bond acceptors (Lipinski definition) is 4. The number of nitrogens with zero attached hydrogens (tertiary/aromatic N) is 2. The zero-order valence-electron chi connectivity index (χ0n) is 11.5. The van der Waals surface area contributed by atoms with Crippen molar-refractivity contribution in [2.45, 2.75) is 32.5 Å². The minimum atomic E-state index is 0.409. The van der Waals surface area contributed by atoms with Gasteiger partial charge in [-0.25, -0.2) is 5.01 Å². The highest BCUT2D eigenvalue weighted by Gasteiger charge is 2.26. The van der Waals surface area contributed by atoms with Gasteiger partial charge in [-0.05, 0) is 31.5 Å². The molecule has 4 heteroatoms. The summed E-state index contributed by atoms with van der Waals surface area (Å²) in [5.74, 6) is 6.91. The van der Waals surface area contributed by atoms with Crippen molar-refractivity contribution in [1.29, 1.82) is 0 Å². The Morgan fingerprint density at radius 1 is 1.17 bits per heavy atom. The molecule has 0 bridgehead atoms. The zero-order valence-corrected chi connectivity index (χ0v) is 11.5. The summed E-state index contributed by atoms with van der Waals surface area (Å²) in [6.45, 7) is 7.37. The Morgan fingerprint density at radius 3 is 2.22 bits per heavy atom. The standard InChI is InChI=1S/C14H23N3O/c1-11-8-16(9-12(2)17(11)15)10-13-4-6-14(18-3)7-5-13/h4-7,11-12H,8-10,15H2,1-3H3/t11-,12-/m1/s1. The number of hydrazine groups is 1. The summed E-state index contributed by atoms with van der Waals surface area (Å²) in [5, 5.41) is 1.96. The average Bonchev–Trinajstić information content (AvgIpc) is 2.37. The zero-order chi connectivity index (χ0) is 13.1. The van der Waals surface area contributed by atoms with Crippen LogP contribution in [-0.4, -0.2) is 42.2 Å². The van der Waals surface area contributed by atoms with Crippen molar-refractivity contribution in [2.24, 2.45) is 5.84 Å². The Morgan fingerprint density at radius 2 is 1.72 bits per heavy atom. The lowest BCUT2D eigenvalue weighted by atomic mass is 10.1. The lowest BCUT2D eigenvalue weighted by Crippen LogP contribution is -2.59. The van der Waals surface area contributed by atoms with Crippen LogP contribution in [0.15, 0.2) is 24.3 Å². The van der Waals surface area contributed by atoms with Crippen LogP contribution in [0.25, 0.3) is 0 Å². The second-order valence-electron chi connectivity index (χ2n) is 5.19. The molecule has 2 atom stereocenters. The monoisotopic (exact) mass is 249 g/mol. The van der Waals surface area contributed by atoms with Gasteiger partial charge >= 0.3 is 0 Å². The van der Waals surface area contributed by atoms with Gasteiger partial charge in [0.2, 0.25) is 0 Å². The van der Waals surface area contributed by atoms with Crippen LogP contribution in [-0.2, 0) is 6.54 Å². The Bertz CT molecular complexity index is 367. The lowest BCUT2D eigenvalue weighted by molar-refractivity contribution is 0.0347. The van der Waals surface area contributed by atoms with Crippen LogP contribution in [0.4, 0.5) is 0 Å². The van der Waals surface area contributed by atoms with Crippen LogP contribution in [0.3, 0.4) is 0 Å². The molecule has 0 aliphatic carbocycles. The van der Waals surface area contributed by atoms with Gasteiger partial charge in [-0.15, -0.1) is 0 Å². The minimum absolute atomic E-state index is 0.409. The fraction of sp³-hybridized carbons (Fsp3) is 0.571. The van der Waals surface area contributed by atoms with E-state index in [2.05, 4.69) is 30.9 Å². The second-order valence-corrected chi connectivity index (χ2v) is 5.19. The first kappa shape index (κ1) is 13.3. The SMILES string of the molecule is COc1ccc(CN2C[C@@H](C)N(N)[C@H](C)C2)cc1. The summed E-state index contributed by atoms with van der Waals surface area (Å²) < 4.78 is 5.17. The van der Waals surface area contributed by atoms with Crippen molar-refractivity contribution in [3.63, 3.8) is 0 Å². The van der Waals surface area contributed by atoms with Gasteiger partial charge in [0.1, 0.15) is 5.75 Å². The van der Waals surface area contributed by atoms with Gasteiger partial charge in [-0.2, -0.15) is 0 Å². The Balaban J connectivity index is 1.96. The number of nitrogens with two attached hydrogens (primary N) is 1. The van der Waals surface area contributed by atoms with E-state index in [1.165, 1.54) is 5.56 Å².